The maximum absolute atomic E-state index is 11.6. The molecule has 2 rings (SSSR count). The van der Waals surface area contributed by atoms with E-state index < -0.39 is 0 Å². The second kappa shape index (κ2) is 6.66. The number of thiophene rings is 1. The molecular formula is C13H16N2OS2. The summed E-state index contributed by atoms with van der Waals surface area (Å²) in [5.74, 6) is 0.129. The van der Waals surface area contributed by atoms with Crippen LogP contribution in [-0.2, 0) is 17.6 Å². The van der Waals surface area contributed by atoms with Gasteiger partial charge < -0.3 is 5.32 Å². The summed E-state index contributed by atoms with van der Waals surface area (Å²) < 4.78 is 0. The molecule has 96 valence electrons. The summed E-state index contributed by atoms with van der Waals surface area (Å²) in [6.07, 6.45) is 4.17. The molecule has 0 aliphatic rings. The highest BCUT2D eigenvalue weighted by Crippen LogP contribution is 2.12. The fraction of sp³-hybridized carbons (Fsp3) is 0.385. The lowest BCUT2D eigenvalue weighted by Gasteiger charge is -2.03. The van der Waals surface area contributed by atoms with Gasteiger partial charge in [-0.2, -0.15) is 0 Å². The van der Waals surface area contributed by atoms with E-state index in [1.807, 2.05) is 24.6 Å². The number of aryl methyl sites for hydroxylation is 2. The van der Waals surface area contributed by atoms with Gasteiger partial charge in [-0.3, -0.25) is 4.79 Å². The minimum absolute atomic E-state index is 0.129. The fourth-order valence-electron chi connectivity index (χ4n) is 1.63. The maximum atomic E-state index is 11.6. The first-order chi connectivity index (χ1) is 8.74. The minimum Gasteiger partial charge on any atom is -0.356 e. The summed E-state index contributed by atoms with van der Waals surface area (Å²) >= 11 is 3.39. The normalized spacial score (nSPS) is 10.5. The Hall–Kier alpha value is -1.20. The first kappa shape index (κ1) is 13.2. The van der Waals surface area contributed by atoms with Crippen molar-refractivity contribution >= 4 is 28.6 Å². The van der Waals surface area contributed by atoms with Crippen LogP contribution in [0, 0.1) is 6.92 Å². The molecular weight excluding hydrogens is 264 g/mol. The molecule has 0 atom stereocenters. The summed E-state index contributed by atoms with van der Waals surface area (Å²) in [6.45, 7) is 2.69. The van der Waals surface area contributed by atoms with Crippen molar-refractivity contribution in [3.05, 3.63) is 38.5 Å². The van der Waals surface area contributed by atoms with Gasteiger partial charge in [0.1, 0.15) is 0 Å². The summed E-state index contributed by atoms with van der Waals surface area (Å²) in [5, 5.41) is 6.07. The number of nitrogens with one attached hydrogen (secondary N) is 1. The van der Waals surface area contributed by atoms with E-state index in [9.17, 15) is 4.79 Å². The first-order valence-corrected chi connectivity index (χ1v) is 7.64. The number of carbonyl (C=O) groups is 1. The van der Waals surface area contributed by atoms with Gasteiger partial charge in [0.15, 0.2) is 0 Å². The predicted molar refractivity (Wildman–Crippen MR) is 76.2 cm³/mol. The lowest BCUT2D eigenvalue weighted by Crippen LogP contribution is -2.25. The van der Waals surface area contributed by atoms with Crippen molar-refractivity contribution in [1.82, 2.24) is 10.3 Å². The fourth-order valence-corrected chi connectivity index (χ4v) is 3.13. The van der Waals surface area contributed by atoms with Crippen LogP contribution >= 0.6 is 22.7 Å². The van der Waals surface area contributed by atoms with Crippen molar-refractivity contribution in [1.29, 1.82) is 0 Å². The van der Waals surface area contributed by atoms with Crippen LogP contribution in [0.15, 0.2) is 23.7 Å². The lowest BCUT2D eigenvalue weighted by atomic mass is 10.2. The molecule has 2 aromatic heterocycles. The SMILES string of the molecule is Cc1ncc(CCNC(=O)CCc2cccs2)s1. The van der Waals surface area contributed by atoms with Crippen molar-refractivity contribution in [3.63, 3.8) is 0 Å². The zero-order valence-corrected chi connectivity index (χ0v) is 11.9. The van der Waals surface area contributed by atoms with Crippen molar-refractivity contribution in [2.45, 2.75) is 26.2 Å². The van der Waals surface area contributed by atoms with Crippen LogP contribution in [0.5, 0.6) is 0 Å². The van der Waals surface area contributed by atoms with Gasteiger partial charge in [0.05, 0.1) is 5.01 Å². The molecule has 0 radical (unpaired) electrons. The molecule has 1 amide bonds. The third-order valence-corrected chi connectivity index (χ3v) is 4.45. The second-order valence-electron chi connectivity index (χ2n) is 4.02. The minimum atomic E-state index is 0.129. The third-order valence-electron chi connectivity index (χ3n) is 2.54. The molecule has 2 heterocycles. The van der Waals surface area contributed by atoms with Crippen molar-refractivity contribution in [2.75, 3.05) is 6.54 Å². The highest BCUT2D eigenvalue weighted by molar-refractivity contribution is 7.11. The molecule has 2 aromatic rings. The predicted octanol–water partition coefficient (Wildman–Crippen LogP) is 2.80. The lowest BCUT2D eigenvalue weighted by molar-refractivity contribution is -0.121. The molecule has 0 aromatic carbocycles. The van der Waals surface area contributed by atoms with Crippen molar-refractivity contribution in [3.8, 4) is 0 Å². The molecule has 3 nitrogen and oxygen atoms in total. The van der Waals surface area contributed by atoms with Crippen LogP contribution in [-0.4, -0.2) is 17.4 Å². The topological polar surface area (TPSA) is 42.0 Å². The molecule has 0 aliphatic carbocycles. The van der Waals surface area contributed by atoms with Gasteiger partial charge in [0.25, 0.3) is 0 Å². The summed E-state index contributed by atoms with van der Waals surface area (Å²) in [4.78, 5) is 18.3. The van der Waals surface area contributed by atoms with Crippen LogP contribution < -0.4 is 5.32 Å². The molecule has 5 heteroatoms. The van der Waals surface area contributed by atoms with Crippen LogP contribution in [0.25, 0.3) is 0 Å². The Labute approximate surface area is 115 Å². The average molecular weight is 280 g/mol. The van der Waals surface area contributed by atoms with E-state index in [2.05, 4.69) is 16.4 Å². The number of amides is 1. The van der Waals surface area contributed by atoms with Gasteiger partial charge in [-0.1, -0.05) is 6.07 Å². The number of nitrogens with zero attached hydrogens (tertiary/aromatic N) is 1. The molecule has 0 saturated heterocycles. The second-order valence-corrected chi connectivity index (χ2v) is 6.38. The number of hydrogen-bond acceptors (Lipinski definition) is 4. The molecule has 18 heavy (non-hydrogen) atoms. The van der Waals surface area contributed by atoms with E-state index in [1.165, 1.54) is 9.75 Å². The smallest absolute Gasteiger partial charge is 0.220 e. The first-order valence-electron chi connectivity index (χ1n) is 5.94. The molecule has 0 bridgehead atoms. The number of aromatic nitrogens is 1. The van der Waals surface area contributed by atoms with Gasteiger partial charge in [0.2, 0.25) is 5.91 Å². The molecule has 1 N–H and O–H groups in total. The Morgan fingerprint density at radius 1 is 1.39 bits per heavy atom. The van der Waals surface area contributed by atoms with E-state index >= 15 is 0 Å². The maximum Gasteiger partial charge on any atom is 0.220 e. The van der Waals surface area contributed by atoms with Crippen LogP contribution in [0.4, 0.5) is 0 Å². The Kier molecular flexibility index (Phi) is 4.90. The quantitative estimate of drug-likeness (QED) is 0.884. The zero-order valence-electron chi connectivity index (χ0n) is 10.3. The molecule has 0 aliphatic heterocycles. The van der Waals surface area contributed by atoms with Gasteiger partial charge in [-0.15, -0.1) is 22.7 Å². The Bertz CT molecular complexity index is 491. The summed E-state index contributed by atoms with van der Waals surface area (Å²) in [7, 11) is 0. The third kappa shape index (κ3) is 4.23. The Morgan fingerprint density at radius 3 is 2.94 bits per heavy atom. The monoisotopic (exact) mass is 280 g/mol. The van der Waals surface area contributed by atoms with E-state index in [1.54, 1.807) is 22.7 Å². The van der Waals surface area contributed by atoms with Crippen LogP contribution in [0.1, 0.15) is 21.2 Å². The molecule has 0 spiro atoms. The summed E-state index contributed by atoms with van der Waals surface area (Å²) in [6, 6.07) is 4.09. The number of thiazole rings is 1. The Morgan fingerprint density at radius 2 is 2.28 bits per heavy atom. The van der Waals surface area contributed by atoms with Crippen LogP contribution in [0.3, 0.4) is 0 Å². The van der Waals surface area contributed by atoms with E-state index in [0.29, 0.717) is 13.0 Å². The molecule has 0 fully saturated rings. The molecule has 0 unspecified atom stereocenters. The van der Waals surface area contributed by atoms with Gasteiger partial charge in [-0.25, -0.2) is 4.98 Å². The van der Waals surface area contributed by atoms with E-state index in [-0.39, 0.29) is 5.91 Å². The number of rotatable bonds is 6. The number of carbonyl (C=O) groups excluding carboxylic acids is 1. The molecule has 0 saturated carbocycles. The van der Waals surface area contributed by atoms with Gasteiger partial charge >= 0.3 is 0 Å². The standard InChI is InChI=1S/C13H16N2OS2/c1-10-15-9-12(18-10)6-7-14-13(16)5-4-11-3-2-8-17-11/h2-3,8-9H,4-7H2,1H3,(H,14,16). The van der Waals surface area contributed by atoms with E-state index in [0.717, 1.165) is 17.8 Å². The highest BCUT2D eigenvalue weighted by atomic mass is 32.1. The summed E-state index contributed by atoms with van der Waals surface area (Å²) in [5.41, 5.74) is 0. The van der Waals surface area contributed by atoms with Crippen LogP contribution in [0.2, 0.25) is 0 Å². The number of hydrogen-bond donors (Lipinski definition) is 1. The van der Waals surface area contributed by atoms with E-state index in [4.69, 9.17) is 0 Å². The highest BCUT2D eigenvalue weighted by Gasteiger charge is 2.03. The zero-order chi connectivity index (χ0) is 12.8. The van der Waals surface area contributed by atoms with Crippen molar-refractivity contribution in [2.24, 2.45) is 0 Å². The van der Waals surface area contributed by atoms with Crippen molar-refractivity contribution < 1.29 is 4.79 Å². The average Bonchev–Trinajstić information content (AvgIpc) is 2.98. The Balaban J connectivity index is 1.63. The van der Waals surface area contributed by atoms with Gasteiger partial charge in [0, 0.05) is 35.3 Å². The van der Waals surface area contributed by atoms with Gasteiger partial charge in [-0.05, 0) is 24.8 Å². The largest absolute Gasteiger partial charge is 0.356 e.